The maximum atomic E-state index is 12.2. The van der Waals surface area contributed by atoms with Crippen molar-refractivity contribution >= 4 is 8.03 Å². The summed E-state index contributed by atoms with van der Waals surface area (Å²) in [7, 11) is -2.64. The Balaban J connectivity index is 3.26. The van der Waals surface area contributed by atoms with E-state index < -0.39 is 14.2 Å². The van der Waals surface area contributed by atoms with Crippen molar-refractivity contribution < 1.29 is 13.8 Å². The molecule has 0 rings (SSSR count). The summed E-state index contributed by atoms with van der Waals surface area (Å²) in [5.41, 5.74) is 4.99. The van der Waals surface area contributed by atoms with Gasteiger partial charge in [-0.15, -0.1) is 0 Å². The Morgan fingerprint density at radius 3 is 2.67 bits per heavy atom. The van der Waals surface area contributed by atoms with E-state index in [0.29, 0.717) is 0 Å². The van der Waals surface area contributed by atoms with Crippen molar-refractivity contribution in [2.45, 2.75) is 12.6 Å². The van der Waals surface area contributed by atoms with E-state index in [9.17, 15) is 8.96 Å². The third-order valence-electron chi connectivity index (χ3n) is 0.876. The summed E-state index contributed by atoms with van der Waals surface area (Å²) >= 11 is 0. The van der Waals surface area contributed by atoms with E-state index in [4.69, 9.17) is 10.6 Å². The molecular formula is C4H11FNO2P. The van der Waals surface area contributed by atoms with Crippen molar-refractivity contribution in [2.75, 3.05) is 12.7 Å². The predicted molar refractivity (Wildman–Crippen MR) is 34.7 cm³/mol. The number of alkyl halides is 1. The minimum absolute atomic E-state index is 0.178. The van der Waals surface area contributed by atoms with Crippen LogP contribution < -0.4 is 5.73 Å². The maximum Gasteiger partial charge on any atom is 0.191 e. The van der Waals surface area contributed by atoms with Crippen LogP contribution in [-0.2, 0) is 4.57 Å². The first-order chi connectivity index (χ1) is 4.16. The summed E-state index contributed by atoms with van der Waals surface area (Å²) in [6, 6.07) is 0. The number of nitrogens with two attached hydrogens (primary N) is 1. The quantitative estimate of drug-likeness (QED) is 0.567. The zero-order valence-electron chi connectivity index (χ0n) is 5.01. The van der Waals surface area contributed by atoms with E-state index in [1.54, 1.807) is 0 Å². The van der Waals surface area contributed by atoms with E-state index in [-0.39, 0.29) is 19.1 Å². The van der Waals surface area contributed by atoms with E-state index >= 15 is 0 Å². The highest BCUT2D eigenvalue weighted by Gasteiger charge is 2.06. The first-order valence-corrected chi connectivity index (χ1v) is 4.29. The Bertz CT molecular complexity index is 101. The van der Waals surface area contributed by atoms with Crippen LogP contribution in [0.1, 0.15) is 6.42 Å². The molecule has 0 fully saturated rings. The van der Waals surface area contributed by atoms with Gasteiger partial charge in [0.2, 0.25) is 0 Å². The molecule has 3 N–H and O–H groups in total. The van der Waals surface area contributed by atoms with Crippen molar-refractivity contribution in [3.63, 3.8) is 0 Å². The zero-order chi connectivity index (χ0) is 7.28. The van der Waals surface area contributed by atoms with Gasteiger partial charge in [0, 0.05) is 0 Å². The Morgan fingerprint density at radius 1 is 1.78 bits per heavy atom. The molecule has 0 bridgehead atoms. The molecule has 9 heavy (non-hydrogen) atoms. The Hall–Kier alpha value is 0.0800. The first-order valence-electron chi connectivity index (χ1n) is 2.72. The molecular weight excluding hydrogens is 144 g/mol. The average molecular weight is 155 g/mol. The number of hydrogen-bond acceptors (Lipinski definition) is 2. The predicted octanol–water partition coefficient (Wildman–Crippen LogP) is 0.140. The number of hydrogen-bond donors (Lipinski definition) is 2. The lowest BCUT2D eigenvalue weighted by molar-refractivity contribution is 0.341. The molecule has 3 nitrogen and oxygen atoms in total. The molecule has 0 aliphatic carbocycles. The van der Waals surface area contributed by atoms with Crippen LogP contribution in [0.25, 0.3) is 0 Å². The van der Waals surface area contributed by atoms with Gasteiger partial charge in [-0.1, -0.05) is 0 Å². The molecule has 0 saturated heterocycles. The van der Waals surface area contributed by atoms with Crippen LogP contribution in [0.15, 0.2) is 0 Å². The van der Waals surface area contributed by atoms with Crippen LogP contribution in [0.3, 0.4) is 0 Å². The second kappa shape index (κ2) is 4.91. The van der Waals surface area contributed by atoms with Crippen LogP contribution in [0, 0.1) is 0 Å². The second-order valence-corrected chi connectivity index (χ2v) is 2.97. The van der Waals surface area contributed by atoms with E-state index in [1.807, 2.05) is 0 Å². The van der Waals surface area contributed by atoms with Crippen LogP contribution >= 0.6 is 8.03 Å². The molecule has 0 saturated carbocycles. The number of halogens is 1. The van der Waals surface area contributed by atoms with Gasteiger partial charge in [0.25, 0.3) is 0 Å². The molecule has 56 valence electrons. The standard InChI is InChI=1S/C4H11FNO2P/c5-4(1-2-6)3-9(7)8/h4,9H,1-3,6H2,(H,7,8). The highest BCUT2D eigenvalue weighted by molar-refractivity contribution is 7.38. The van der Waals surface area contributed by atoms with Crippen molar-refractivity contribution in [3.05, 3.63) is 0 Å². The van der Waals surface area contributed by atoms with Crippen LogP contribution in [-0.4, -0.2) is 23.8 Å². The minimum Gasteiger partial charge on any atom is -0.346 e. The molecule has 2 unspecified atom stereocenters. The van der Waals surface area contributed by atoms with Gasteiger partial charge in [0.1, 0.15) is 6.17 Å². The van der Waals surface area contributed by atoms with Crippen molar-refractivity contribution in [1.82, 2.24) is 0 Å². The summed E-state index contributed by atoms with van der Waals surface area (Å²) in [6.45, 7) is 0.232. The smallest absolute Gasteiger partial charge is 0.191 e. The highest BCUT2D eigenvalue weighted by Crippen LogP contribution is 2.17. The van der Waals surface area contributed by atoms with E-state index in [2.05, 4.69) is 0 Å². The molecule has 0 radical (unpaired) electrons. The maximum absolute atomic E-state index is 12.2. The molecule has 0 aromatic carbocycles. The lowest BCUT2D eigenvalue weighted by Gasteiger charge is -2.01. The van der Waals surface area contributed by atoms with Gasteiger partial charge in [-0.3, -0.25) is 4.57 Å². The lowest BCUT2D eigenvalue weighted by atomic mass is 10.3. The van der Waals surface area contributed by atoms with Gasteiger partial charge < -0.3 is 10.6 Å². The van der Waals surface area contributed by atoms with Crippen molar-refractivity contribution in [3.8, 4) is 0 Å². The average Bonchev–Trinajstić information content (AvgIpc) is 1.63. The summed E-state index contributed by atoms with van der Waals surface area (Å²) in [4.78, 5) is 8.21. The molecule has 0 amide bonds. The van der Waals surface area contributed by atoms with Crippen LogP contribution in [0.5, 0.6) is 0 Å². The Morgan fingerprint density at radius 2 is 2.33 bits per heavy atom. The normalized spacial score (nSPS) is 17.2. The third kappa shape index (κ3) is 5.96. The SMILES string of the molecule is NCCC(F)C[PH](=O)O. The fourth-order valence-corrected chi connectivity index (χ4v) is 1.06. The lowest BCUT2D eigenvalue weighted by Crippen LogP contribution is -2.11. The zero-order valence-corrected chi connectivity index (χ0v) is 6.01. The van der Waals surface area contributed by atoms with Gasteiger partial charge in [0.15, 0.2) is 8.03 Å². The summed E-state index contributed by atoms with van der Waals surface area (Å²) in [5.74, 6) is 0. The van der Waals surface area contributed by atoms with Gasteiger partial charge in [-0.2, -0.15) is 0 Å². The largest absolute Gasteiger partial charge is 0.346 e. The van der Waals surface area contributed by atoms with E-state index in [0.717, 1.165) is 0 Å². The van der Waals surface area contributed by atoms with Crippen molar-refractivity contribution in [1.29, 1.82) is 0 Å². The molecule has 0 aromatic heterocycles. The Kier molecular flexibility index (Phi) is 4.96. The van der Waals surface area contributed by atoms with Crippen LogP contribution in [0.2, 0.25) is 0 Å². The Labute approximate surface area is 53.9 Å². The van der Waals surface area contributed by atoms with Gasteiger partial charge in [0.05, 0.1) is 6.16 Å². The fraction of sp³-hybridized carbons (Fsp3) is 1.00. The molecule has 0 aliphatic heterocycles. The highest BCUT2D eigenvalue weighted by atomic mass is 31.1. The van der Waals surface area contributed by atoms with Crippen molar-refractivity contribution in [2.24, 2.45) is 5.73 Å². The molecule has 0 heterocycles. The fourth-order valence-electron chi connectivity index (χ4n) is 0.472. The van der Waals surface area contributed by atoms with Gasteiger partial charge in [-0.25, -0.2) is 4.39 Å². The number of rotatable bonds is 4. The van der Waals surface area contributed by atoms with E-state index in [1.165, 1.54) is 0 Å². The van der Waals surface area contributed by atoms with Gasteiger partial charge in [-0.05, 0) is 13.0 Å². The monoisotopic (exact) mass is 155 g/mol. The second-order valence-electron chi connectivity index (χ2n) is 1.77. The first kappa shape index (κ1) is 9.08. The molecule has 0 aromatic rings. The molecule has 2 atom stereocenters. The topological polar surface area (TPSA) is 63.3 Å². The summed E-state index contributed by atoms with van der Waals surface area (Å²) in [6.07, 6.45) is -1.27. The minimum atomic E-state index is -2.64. The molecule has 0 spiro atoms. The molecule has 5 heteroatoms. The molecule has 0 aliphatic rings. The summed E-state index contributed by atoms with van der Waals surface area (Å²) in [5, 5.41) is 0. The third-order valence-corrected chi connectivity index (χ3v) is 1.67. The van der Waals surface area contributed by atoms with Crippen LogP contribution in [0.4, 0.5) is 4.39 Å². The summed E-state index contributed by atoms with van der Waals surface area (Å²) < 4.78 is 22.2. The van der Waals surface area contributed by atoms with Gasteiger partial charge >= 0.3 is 0 Å².